The Hall–Kier alpha value is -1.83. The third kappa shape index (κ3) is 2.48. The minimum Gasteiger partial charge on any atom is -0.464 e. The van der Waals surface area contributed by atoms with E-state index in [1.807, 2.05) is 24.3 Å². The molecular formula is C17H18O2. The van der Waals surface area contributed by atoms with E-state index in [1.54, 1.807) is 6.26 Å². The fourth-order valence-electron chi connectivity index (χ4n) is 2.72. The van der Waals surface area contributed by atoms with Crippen molar-refractivity contribution in [3.63, 3.8) is 0 Å². The average Bonchev–Trinajstić information content (AvgIpc) is 2.81. The molecule has 98 valence electrons. The van der Waals surface area contributed by atoms with Crippen LogP contribution in [0, 0.1) is 0 Å². The van der Waals surface area contributed by atoms with E-state index >= 15 is 0 Å². The van der Waals surface area contributed by atoms with E-state index in [0.29, 0.717) is 5.56 Å². The number of carbonyl (C=O) groups is 1. The van der Waals surface area contributed by atoms with Crippen LogP contribution in [-0.2, 0) is 0 Å². The fourth-order valence-corrected chi connectivity index (χ4v) is 2.72. The highest BCUT2D eigenvalue weighted by atomic mass is 16.3. The number of rotatable bonds is 2. The number of carbonyl (C=O) groups excluding carboxylic acids is 1. The van der Waals surface area contributed by atoms with E-state index in [0.717, 1.165) is 35.8 Å². The number of hydrogen-bond donors (Lipinski definition) is 0. The molecule has 0 aliphatic heterocycles. The minimum atomic E-state index is 0.145. The van der Waals surface area contributed by atoms with Crippen molar-refractivity contribution in [1.29, 1.82) is 0 Å². The Morgan fingerprint density at radius 1 is 1.05 bits per heavy atom. The van der Waals surface area contributed by atoms with Crippen molar-refractivity contribution in [1.82, 2.24) is 0 Å². The Morgan fingerprint density at radius 2 is 1.89 bits per heavy atom. The number of hydrogen-bond acceptors (Lipinski definition) is 2. The summed E-state index contributed by atoms with van der Waals surface area (Å²) in [6, 6.07) is 7.73. The summed E-state index contributed by atoms with van der Waals surface area (Å²) < 4.78 is 5.47. The maximum Gasteiger partial charge on any atom is 0.192 e. The van der Waals surface area contributed by atoms with Gasteiger partial charge in [0.15, 0.2) is 5.78 Å². The summed E-state index contributed by atoms with van der Waals surface area (Å²) in [5.74, 6) is 0.145. The molecule has 0 spiro atoms. The van der Waals surface area contributed by atoms with E-state index in [1.165, 1.54) is 19.3 Å². The normalized spacial score (nSPS) is 19.5. The monoisotopic (exact) mass is 254 g/mol. The second kappa shape index (κ2) is 5.43. The van der Waals surface area contributed by atoms with E-state index in [2.05, 4.69) is 6.08 Å². The zero-order valence-corrected chi connectivity index (χ0v) is 11.0. The minimum absolute atomic E-state index is 0.145. The fraction of sp³-hybridized carbons (Fsp3) is 0.353. The number of benzene rings is 1. The summed E-state index contributed by atoms with van der Waals surface area (Å²) in [6.07, 6.45) is 10.5. The van der Waals surface area contributed by atoms with Gasteiger partial charge in [0.2, 0.25) is 0 Å². The summed E-state index contributed by atoms with van der Waals surface area (Å²) in [4.78, 5) is 12.6. The number of allylic oxidation sites excluding steroid dienone is 2. The van der Waals surface area contributed by atoms with Crippen LogP contribution in [0.2, 0.25) is 0 Å². The zero-order valence-electron chi connectivity index (χ0n) is 11.0. The van der Waals surface area contributed by atoms with Crippen LogP contribution in [0.25, 0.3) is 11.0 Å². The van der Waals surface area contributed by atoms with Gasteiger partial charge < -0.3 is 4.42 Å². The highest BCUT2D eigenvalue weighted by molar-refractivity contribution is 6.15. The average molecular weight is 254 g/mol. The second-order valence-electron chi connectivity index (χ2n) is 5.16. The lowest BCUT2D eigenvalue weighted by atomic mass is 9.94. The summed E-state index contributed by atoms with van der Waals surface area (Å²) >= 11 is 0. The first-order valence-corrected chi connectivity index (χ1v) is 7.06. The lowest BCUT2D eigenvalue weighted by Gasteiger charge is -2.09. The van der Waals surface area contributed by atoms with Crippen LogP contribution in [0.4, 0.5) is 0 Å². The second-order valence-corrected chi connectivity index (χ2v) is 5.16. The number of ketones is 1. The summed E-state index contributed by atoms with van der Waals surface area (Å²) in [7, 11) is 0. The lowest BCUT2D eigenvalue weighted by Crippen LogP contribution is -2.04. The molecule has 0 N–H and O–H groups in total. The van der Waals surface area contributed by atoms with Crippen LogP contribution in [-0.4, -0.2) is 5.78 Å². The predicted octanol–water partition coefficient (Wildman–Crippen LogP) is 4.90. The molecule has 0 bridgehead atoms. The SMILES string of the molecule is O=C(/C1=C/CCCCCC1)c1coc2ccccc12. The van der Waals surface area contributed by atoms with E-state index in [4.69, 9.17) is 4.42 Å². The smallest absolute Gasteiger partial charge is 0.192 e. The first-order chi connectivity index (χ1) is 9.36. The van der Waals surface area contributed by atoms with Gasteiger partial charge in [-0.1, -0.05) is 37.1 Å². The van der Waals surface area contributed by atoms with Crippen LogP contribution in [0.3, 0.4) is 0 Å². The van der Waals surface area contributed by atoms with Gasteiger partial charge in [-0.05, 0) is 37.3 Å². The van der Waals surface area contributed by atoms with Gasteiger partial charge in [0.05, 0.1) is 5.56 Å². The van der Waals surface area contributed by atoms with Crippen LogP contribution in [0.5, 0.6) is 0 Å². The van der Waals surface area contributed by atoms with E-state index in [-0.39, 0.29) is 5.78 Å². The van der Waals surface area contributed by atoms with Gasteiger partial charge in [0, 0.05) is 5.39 Å². The van der Waals surface area contributed by atoms with E-state index < -0.39 is 0 Å². The third-order valence-corrected chi connectivity index (χ3v) is 3.81. The van der Waals surface area contributed by atoms with Gasteiger partial charge in [0.1, 0.15) is 11.8 Å². The molecule has 1 aliphatic carbocycles. The van der Waals surface area contributed by atoms with Gasteiger partial charge in [-0.15, -0.1) is 0 Å². The number of fused-ring (bicyclic) bond motifs is 1. The van der Waals surface area contributed by atoms with E-state index in [9.17, 15) is 4.79 Å². The molecule has 0 saturated heterocycles. The number of furan rings is 1. The van der Waals surface area contributed by atoms with Crippen molar-refractivity contribution in [3.8, 4) is 0 Å². The molecule has 19 heavy (non-hydrogen) atoms. The van der Waals surface area contributed by atoms with Gasteiger partial charge in [-0.3, -0.25) is 4.79 Å². The Bertz CT molecular complexity index is 619. The Kier molecular flexibility index (Phi) is 3.49. The Balaban J connectivity index is 1.94. The number of Topliss-reactive ketones (excluding diaryl/α,β-unsaturated/α-hetero) is 1. The molecule has 0 fully saturated rings. The van der Waals surface area contributed by atoms with Gasteiger partial charge >= 0.3 is 0 Å². The van der Waals surface area contributed by atoms with Crippen LogP contribution >= 0.6 is 0 Å². The largest absolute Gasteiger partial charge is 0.464 e. The summed E-state index contributed by atoms with van der Waals surface area (Å²) in [5.41, 5.74) is 2.46. The predicted molar refractivity (Wildman–Crippen MR) is 76.3 cm³/mol. The van der Waals surface area contributed by atoms with Gasteiger partial charge in [-0.2, -0.15) is 0 Å². The highest BCUT2D eigenvalue weighted by Crippen LogP contribution is 2.26. The van der Waals surface area contributed by atoms with Crippen molar-refractivity contribution >= 4 is 16.8 Å². The molecule has 0 atom stereocenters. The van der Waals surface area contributed by atoms with Crippen molar-refractivity contribution in [3.05, 3.63) is 47.7 Å². The highest BCUT2D eigenvalue weighted by Gasteiger charge is 2.17. The van der Waals surface area contributed by atoms with Crippen LogP contribution in [0.15, 0.2) is 46.6 Å². The first-order valence-electron chi connectivity index (χ1n) is 7.06. The maximum atomic E-state index is 12.6. The van der Waals surface area contributed by atoms with Crippen molar-refractivity contribution in [2.45, 2.75) is 38.5 Å². The summed E-state index contributed by atoms with van der Waals surface area (Å²) in [6.45, 7) is 0. The molecule has 1 aliphatic rings. The zero-order chi connectivity index (χ0) is 13.1. The Morgan fingerprint density at radius 3 is 2.84 bits per heavy atom. The van der Waals surface area contributed by atoms with Gasteiger partial charge in [0.25, 0.3) is 0 Å². The quantitative estimate of drug-likeness (QED) is 0.714. The van der Waals surface area contributed by atoms with Crippen molar-refractivity contribution in [2.24, 2.45) is 0 Å². The molecule has 0 saturated carbocycles. The van der Waals surface area contributed by atoms with Gasteiger partial charge in [-0.25, -0.2) is 0 Å². The lowest BCUT2D eigenvalue weighted by molar-refractivity contribution is 0.103. The Labute approximate surface area is 113 Å². The molecule has 2 aromatic rings. The van der Waals surface area contributed by atoms with Crippen LogP contribution in [0.1, 0.15) is 48.9 Å². The molecule has 0 amide bonds. The molecule has 1 aromatic carbocycles. The van der Waals surface area contributed by atoms with Crippen molar-refractivity contribution < 1.29 is 9.21 Å². The molecule has 2 heteroatoms. The standard InChI is InChI=1S/C17H18O2/c18-17(13-8-4-2-1-3-5-9-13)15-12-19-16-11-7-6-10-14(15)16/h6-8,10-12H,1-5,9H2/b13-8+. The maximum absolute atomic E-state index is 12.6. The molecule has 1 heterocycles. The van der Waals surface area contributed by atoms with Crippen molar-refractivity contribution in [2.75, 3.05) is 0 Å². The summed E-state index contributed by atoms with van der Waals surface area (Å²) in [5, 5.41) is 0.926. The molecular weight excluding hydrogens is 236 g/mol. The first kappa shape index (κ1) is 12.2. The number of para-hydroxylation sites is 1. The molecule has 0 unspecified atom stereocenters. The molecule has 2 nitrogen and oxygen atoms in total. The topological polar surface area (TPSA) is 30.2 Å². The van der Waals surface area contributed by atoms with Crippen LogP contribution < -0.4 is 0 Å². The third-order valence-electron chi connectivity index (χ3n) is 3.81. The molecule has 3 rings (SSSR count). The molecule has 1 aromatic heterocycles. The molecule has 0 radical (unpaired) electrons.